The van der Waals surface area contributed by atoms with Crippen molar-refractivity contribution in [3.8, 4) is 5.75 Å². The highest BCUT2D eigenvalue weighted by Crippen LogP contribution is 2.26. The second-order valence-electron chi connectivity index (χ2n) is 5.49. The van der Waals surface area contributed by atoms with Crippen LogP contribution in [-0.4, -0.2) is 29.6 Å². The maximum absolute atomic E-state index is 12.3. The number of nitrogens with two attached hydrogens (primary N) is 1. The van der Waals surface area contributed by atoms with Gasteiger partial charge in [0.05, 0.1) is 11.1 Å². The van der Waals surface area contributed by atoms with Gasteiger partial charge in [0.25, 0.3) is 11.8 Å². The second kappa shape index (κ2) is 6.21. The molecular weight excluding hydrogens is 337 g/mol. The third-order valence-electron chi connectivity index (χ3n) is 3.80. The Bertz CT molecular complexity index is 784. The molecule has 2 N–H and O–H groups in total. The van der Waals surface area contributed by atoms with E-state index in [0.29, 0.717) is 16.7 Å². The number of carbonyl (C=O) groups is 2. The molecule has 0 bridgehead atoms. The lowest BCUT2D eigenvalue weighted by molar-refractivity contribution is -0.274. The first-order valence-corrected chi connectivity index (χ1v) is 7.33. The van der Waals surface area contributed by atoms with Gasteiger partial charge in [-0.05, 0) is 29.8 Å². The number of amides is 2. The monoisotopic (exact) mass is 350 g/mol. The molecule has 1 aliphatic rings. The van der Waals surface area contributed by atoms with E-state index >= 15 is 0 Å². The summed E-state index contributed by atoms with van der Waals surface area (Å²) >= 11 is 0. The number of nitrogens with zero attached hydrogens (tertiary/aromatic N) is 1. The molecule has 2 amide bonds. The molecule has 0 saturated heterocycles. The van der Waals surface area contributed by atoms with E-state index in [-0.39, 0.29) is 12.3 Å². The molecule has 2 aromatic rings. The van der Waals surface area contributed by atoms with Crippen LogP contribution in [0.25, 0.3) is 0 Å². The fourth-order valence-electron chi connectivity index (χ4n) is 2.62. The van der Waals surface area contributed by atoms with Crippen molar-refractivity contribution in [3.63, 3.8) is 0 Å². The number of imide groups is 1. The highest BCUT2D eigenvalue weighted by atomic mass is 19.4. The minimum atomic E-state index is -4.77. The van der Waals surface area contributed by atoms with E-state index in [1.165, 1.54) is 12.1 Å². The second-order valence-corrected chi connectivity index (χ2v) is 5.49. The molecule has 1 atom stereocenters. The van der Waals surface area contributed by atoms with Gasteiger partial charge in [-0.2, -0.15) is 0 Å². The molecule has 0 spiro atoms. The van der Waals surface area contributed by atoms with E-state index in [4.69, 9.17) is 5.73 Å². The highest BCUT2D eigenvalue weighted by molar-refractivity contribution is 6.21. The summed E-state index contributed by atoms with van der Waals surface area (Å²) in [5, 5.41) is 0. The van der Waals surface area contributed by atoms with Gasteiger partial charge < -0.3 is 10.5 Å². The standard InChI is InChI=1S/C17H13F3N2O3/c18-17(19,20)25-11-7-5-10(6-8-11)14(21)9-22-15(23)12-3-1-2-4-13(12)16(22)24/h1-8,14H,9,21H2. The summed E-state index contributed by atoms with van der Waals surface area (Å²) in [7, 11) is 0. The van der Waals surface area contributed by atoms with Gasteiger partial charge in [0.2, 0.25) is 0 Å². The third kappa shape index (κ3) is 3.48. The lowest BCUT2D eigenvalue weighted by atomic mass is 10.1. The van der Waals surface area contributed by atoms with Crippen molar-refractivity contribution >= 4 is 11.8 Å². The molecule has 3 rings (SSSR count). The van der Waals surface area contributed by atoms with Gasteiger partial charge in [-0.25, -0.2) is 0 Å². The number of hydrogen-bond donors (Lipinski definition) is 1. The van der Waals surface area contributed by atoms with Crippen molar-refractivity contribution in [2.75, 3.05) is 6.54 Å². The zero-order chi connectivity index (χ0) is 18.2. The Morgan fingerprint density at radius 3 is 1.96 bits per heavy atom. The molecule has 5 nitrogen and oxygen atoms in total. The van der Waals surface area contributed by atoms with Crippen LogP contribution >= 0.6 is 0 Å². The number of rotatable bonds is 4. The van der Waals surface area contributed by atoms with Crippen LogP contribution in [0, 0.1) is 0 Å². The summed E-state index contributed by atoms with van der Waals surface area (Å²) in [5.74, 6) is -1.25. The number of alkyl halides is 3. The van der Waals surface area contributed by atoms with E-state index in [0.717, 1.165) is 17.0 Å². The number of carbonyl (C=O) groups excluding carboxylic acids is 2. The van der Waals surface area contributed by atoms with E-state index in [1.54, 1.807) is 24.3 Å². The molecule has 1 unspecified atom stereocenters. The van der Waals surface area contributed by atoms with Crippen LogP contribution in [0.2, 0.25) is 0 Å². The first kappa shape index (κ1) is 17.0. The number of hydrogen-bond acceptors (Lipinski definition) is 4. The molecule has 0 aliphatic carbocycles. The Morgan fingerprint density at radius 1 is 0.960 bits per heavy atom. The van der Waals surface area contributed by atoms with Crippen LogP contribution in [0.1, 0.15) is 32.3 Å². The van der Waals surface area contributed by atoms with Crippen molar-refractivity contribution in [2.24, 2.45) is 5.73 Å². The summed E-state index contributed by atoms with van der Waals surface area (Å²) in [6.07, 6.45) is -4.77. The van der Waals surface area contributed by atoms with Crippen molar-refractivity contribution in [2.45, 2.75) is 12.4 Å². The van der Waals surface area contributed by atoms with Gasteiger partial charge in [-0.3, -0.25) is 14.5 Å². The molecule has 0 saturated carbocycles. The van der Waals surface area contributed by atoms with Crippen LogP contribution in [-0.2, 0) is 0 Å². The van der Waals surface area contributed by atoms with Crippen molar-refractivity contribution in [1.29, 1.82) is 0 Å². The first-order valence-electron chi connectivity index (χ1n) is 7.33. The predicted molar refractivity (Wildman–Crippen MR) is 81.9 cm³/mol. The van der Waals surface area contributed by atoms with Crippen LogP contribution < -0.4 is 10.5 Å². The average molecular weight is 350 g/mol. The summed E-state index contributed by atoms with van der Waals surface area (Å²) in [4.78, 5) is 25.6. The predicted octanol–water partition coefficient (Wildman–Crippen LogP) is 2.88. The maximum Gasteiger partial charge on any atom is 0.573 e. The minimum Gasteiger partial charge on any atom is -0.406 e. The Kier molecular flexibility index (Phi) is 4.22. The van der Waals surface area contributed by atoms with Crippen LogP contribution in [0.5, 0.6) is 5.75 Å². The first-order chi connectivity index (χ1) is 11.8. The minimum absolute atomic E-state index is 0.0776. The fourth-order valence-corrected chi connectivity index (χ4v) is 2.62. The lowest BCUT2D eigenvalue weighted by Crippen LogP contribution is -2.36. The van der Waals surface area contributed by atoms with Crippen molar-refractivity contribution < 1.29 is 27.5 Å². The SMILES string of the molecule is NC(CN1C(=O)c2ccccc2C1=O)c1ccc(OC(F)(F)F)cc1. The average Bonchev–Trinajstić information content (AvgIpc) is 2.79. The fraction of sp³-hybridized carbons (Fsp3) is 0.176. The zero-order valence-corrected chi connectivity index (χ0v) is 12.8. The van der Waals surface area contributed by atoms with Crippen LogP contribution in [0.15, 0.2) is 48.5 Å². The summed E-state index contributed by atoms with van der Waals surface area (Å²) in [5.41, 5.74) is 7.11. The number of ether oxygens (including phenoxy) is 1. The smallest absolute Gasteiger partial charge is 0.406 e. The topological polar surface area (TPSA) is 72.6 Å². The number of halogens is 3. The van der Waals surface area contributed by atoms with Gasteiger partial charge in [-0.1, -0.05) is 24.3 Å². The molecule has 1 aliphatic heterocycles. The van der Waals surface area contributed by atoms with Gasteiger partial charge in [0.1, 0.15) is 5.75 Å². The molecular formula is C17H13F3N2O3. The Balaban J connectivity index is 1.72. The van der Waals surface area contributed by atoms with Gasteiger partial charge in [0, 0.05) is 12.6 Å². The van der Waals surface area contributed by atoms with E-state index < -0.39 is 24.2 Å². The Hall–Kier alpha value is -2.87. The van der Waals surface area contributed by atoms with Crippen LogP contribution in [0.3, 0.4) is 0 Å². The Morgan fingerprint density at radius 2 is 1.48 bits per heavy atom. The summed E-state index contributed by atoms with van der Waals surface area (Å²) in [6, 6.07) is 10.7. The number of benzene rings is 2. The molecule has 130 valence electrons. The third-order valence-corrected chi connectivity index (χ3v) is 3.80. The van der Waals surface area contributed by atoms with Crippen molar-refractivity contribution in [1.82, 2.24) is 4.90 Å². The zero-order valence-electron chi connectivity index (χ0n) is 12.8. The van der Waals surface area contributed by atoms with Gasteiger partial charge in [0.15, 0.2) is 0 Å². The van der Waals surface area contributed by atoms with Gasteiger partial charge >= 0.3 is 6.36 Å². The normalized spacial score (nSPS) is 15.3. The number of fused-ring (bicyclic) bond motifs is 1. The maximum atomic E-state index is 12.3. The van der Waals surface area contributed by atoms with Gasteiger partial charge in [-0.15, -0.1) is 13.2 Å². The molecule has 1 heterocycles. The molecule has 8 heteroatoms. The summed E-state index contributed by atoms with van der Waals surface area (Å²) in [6.45, 7) is -0.0776. The molecule has 0 radical (unpaired) electrons. The molecule has 2 aromatic carbocycles. The highest BCUT2D eigenvalue weighted by Gasteiger charge is 2.36. The lowest BCUT2D eigenvalue weighted by Gasteiger charge is -2.20. The van der Waals surface area contributed by atoms with E-state index in [2.05, 4.69) is 4.74 Å². The molecule has 0 fully saturated rings. The largest absolute Gasteiger partial charge is 0.573 e. The van der Waals surface area contributed by atoms with E-state index in [1.807, 2.05) is 0 Å². The quantitative estimate of drug-likeness (QED) is 0.861. The van der Waals surface area contributed by atoms with Crippen LogP contribution in [0.4, 0.5) is 13.2 Å². The van der Waals surface area contributed by atoms with E-state index in [9.17, 15) is 22.8 Å². The molecule has 25 heavy (non-hydrogen) atoms. The Labute approximate surface area is 140 Å². The summed E-state index contributed by atoms with van der Waals surface area (Å²) < 4.78 is 40.3. The molecule has 0 aromatic heterocycles. The van der Waals surface area contributed by atoms with Crippen molar-refractivity contribution in [3.05, 3.63) is 65.2 Å².